The highest BCUT2D eigenvalue weighted by Gasteiger charge is 2.35. The van der Waals surface area contributed by atoms with Gasteiger partial charge in [-0.05, 0) is 12.1 Å². The average molecular weight is 420 g/mol. The maximum Gasteiger partial charge on any atom is 0.264 e. The second kappa shape index (κ2) is 9.21. The molecule has 1 N–H and O–H groups in total. The number of carbonyl (C=O) groups excluding carboxylic acids is 2. The van der Waals surface area contributed by atoms with Crippen molar-refractivity contribution < 1.29 is 41.1 Å². The molecule has 8 heteroatoms. The predicted molar refractivity (Wildman–Crippen MR) is 88.8 cm³/mol. The van der Waals surface area contributed by atoms with Gasteiger partial charge in [-0.3, -0.25) is 9.59 Å². The highest BCUT2D eigenvalue weighted by molar-refractivity contribution is 6.21. The first kappa shape index (κ1) is 19.7. The van der Waals surface area contributed by atoms with Gasteiger partial charge in [0.2, 0.25) is 0 Å². The Bertz CT molecular complexity index is 773. The minimum atomic E-state index is -0.375. The van der Waals surface area contributed by atoms with Crippen molar-refractivity contribution in [2.45, 2.75) is 13.0 Å². The van der Waals surface area contributed by atoms with Gasteiger partial charge in [0.25, 0.3) is 11.8 Å². The highest BCUT2D eigenvalue weighted by Crippen LogP contribution is 2.21. The van der Waals surface area contributed by atoms with E-state index in [1.165, 1.54) is 6.21 Å². The molecule has 0 fully saturated rings. The molecule has 1 aromatic heterocycles. The van der Waals surface area contributed by atoms with Crippen LogP contribution in [-0.4, -0.2) is 41.4 Å². The van der Waals surface area contributed by atoms with Gasteiger partial charge in [-0.15, -0.1) is 0 Å². The second-order valence-corrected chi connectivity index (χ2v) is 5.52. The van der Waals surface area contributed by atoms with Gasteiger partial charge in [0.1, 0.15) is 0 Å². The first-order chi connectivity index (χ1) is 12.2. The Balaban J connectivity index is 0.00000243. The van der Waals surface area contributed by atoms with Crippen molar-refractivity contribution >= 4 is 18.0 Å². The Morgan fingerprint density at radius 2 is 1.69 bits per heavy atom. The third-order valence-corrected chi connectivity index (χ3v) is 3.83. The molecule has 1 aliphatic rings. The van der Waals surface area contributed by atoms with Gasteiger partial charge in [0.15, 0.2) is 25.7 Å². The second-order valence-electron chi connectivity index (χ2n) is 5.52. The van der Waals surface area contributed by atoms with Crippen LogP contribution in [0.4, 0.5) is 0 Å². The van der Waals surface area contributed by atoms with Crippen LogP contribution in [0.25, 0.3) is 0 Å². The molecular weight excluding hydrogens is 402 g/mol. The van der Waals surface area contributed by atoms with Gasteiger partial charge in [-0.1, -0.05) is 17.3 Å². The fourth-order valence-corrected chi connectivity index (χ4v) is 2.50. The molecule has 2 heterocycles. The number of amides is 2. The van der Waals surface area contributed by atoms with Crippen molar-refractivity contribution in [2.75, 3.05) is 13.3 Å². The van der Waals surface area contributed by atoms with Crippen LogP contribution in [-0.2, 0) is 11.4 Å². The summed E-state index contributed by atoms with van der Waals surface area (Å²) in [7, 11) is 0. The van der Waals surface area contributed by atoms with Crippen molar-refractivity contribution in [2.24, 2.45) is 5.16 Å². The lowest BCUT2D eigenvalue weighted by Gasteiger charge is -2.11. The van der Waals surface area contributed by atoms with Crippen molar-refractivity contribution in [1.29, 1.82) is 0 Å². The number of nitrogens with zero attached hydrogens (tertiary/aromatic N) is 3. The lowest BCUT2D eigenvalue weighted by molar-refractivity contribution is -0.697. The van der Waals surface area contributed by atoms with Gasteiger partial charge < -0.3 is 26.9 Å². The summed E-state index contributed by atoms with van der Waals surface area (Å²) in [4.78, 5) is 30.4. The summed E-state index contributed by atoms with van der Waals surface area (Å²) in [6.45, 7) is 0.665. The summed E-state index contributed by atoms with van der Waals surface area (Å²) >= 11 is 0. The Hall–Kier alpha value is -2.58. The zero-order valence-corrected chi connectivity index (χ0v) is 15.5. The number of benzene rings is 1. The number of rotatable bonds is 7. The molecule has 0 atom stereocenters. The molecule has 0 saturated carbocycles. The van der Waals surface area contributed by atoms with Crippen LogP contribution in [0.1, 0.15) is 32.7 Å². The third-order valence-electron chi connectivity index (χ3n) is 3.83. The molecule has 0 bridgehead atoms. The molecule has 1 aromatic carbocycles. The molecule has 2 amide bonds. The van der Waals surface area contributed by atoms with Crippen LogP contribution in [0.3, 0.4) is 0 Å². The topological polar surface area (TPSA) is 83.1 Å². The van der Waals surface area contributed by atoms with E-state index in [1.54, 1.807) is 24.3 Å². The number of aryl methyl sites for hydroxylation is 1. The number of aliphatic hydroxyl groups is 1. The molecule has 7 nitrogen and oxygen atoms in total. The zero-order valence-electron chi connectivity index (χ0n) is 13.9. The summed E-state index contributed by atoms with van der Waals surface area (Å²) in [5.41, 5.74) is 1.59. The van der Waals surface area contributed by atoms with Gasteiger partial charge in [-0.25, -0.2) is 9.47 Å². The molecule has 0 radical (unpaired) electrons. The molecule has 136 valence electrons. The van der Waals surface area contributed by atoms with Crippen LogP contribution in [0, 0.1) is 0 Å². The molecule has 3 rings (SSSR count). The molecule has 0 spiro atoms. The van der Waals surface area contributed by atoms with E-state index in [2.05, 4.69) is 5.16 Å². The maximum atomic E-state index is 12.1. The Morgan fingerprint density at radius 3 is 2.27 bits per heavy atom. The van der Waals surface area contributed by atoms with E-state index in [4.69, 9.17) is 9.94 Å². The number of fused-ring (bicyclic) bond motifs is 1. The molecule has 0 aliphatic carbocycles. The number of pyridine rings is 1. The Kier molecular flexibility index (Phi) is 6.99. The van der Waals surface area contributed by atoms with E-state index in [0.717, 1.165) is 17.0 Å². The van der Waals surface area contributed by atoms with Crippen molar-refractivity contribution in [3.8, 4) is 0 Å². The number of carbonyl (C=O) groups is 2. The van der Waals surface area contributed by atoms with Gasteiger partial charge >= 0.3 is 0 Å². The zero-order chi connectivity index (χ0) is 17.6. The van der Waals surface area contributed by atoms with Crippen LogP contribution in [0.15, 0.2) is 53.9 Å². The maximum absolute atomic E-state index is 12.1. The van der Waals surface area contributed by atoms with E-state index < -0.39 is 0 Å². The van der Waals surface area contributed by atoms with Gasteiger partial charge in [0.05, 0.1) is 17.3 Å². The summed E-state index contributed by atoms with van der Waals surface area (Å²) < 4.78 is 1.95. The third kappa shape index (κ3) is 4.33. The molecule has 2 aromatic rings. The van der Waals surface area contributed by atoms with E-state index in [0.29, 0.717) is 17.5 Å². The van der Waals surface area contributed by atoms with Crippen molar-refractivity contribution in [3.05, 3.63) is 65.5 Å². The standard InChI is InChI=1S/C18H18N3O4.BrH/c22-11-3-8-20-9-6-14(7-10-20)12-19-25-13-21-17(23)15-4-1-2-5-16(15)18(21)24;/h1-2,4-7,9-10,12,22H,3,8,11,13H2;1H/q+1;/p-1/b19-12+;. The van der Waals surface area contributed by atoms with Gasteiger partial charge in [-0.2, -0.15) is 0 Å². The first-order valence-corrected chi connectivity index (χ1v) is 7.91. The number of aromatic nitrogens is 1. The number of hydrogen-bond acceptors (Lipinski definition) is 5. The molecule has 1 aliphatic heterocycles. The SMILES string of the molecule is O=C1c2ccccc2C(=O)N1CO/N=C/c1cc[n+](CCCO)cc1.[Br-]. The normalized spacial score (nSPS) is 13.0. The lowest BCUT2D eigenvalue weighted by Crippen LogP contribution is -3.00. The minimum Gasteiger partial charge on any atom is -1.00 e. The fraction of sp³-hybridized carbons (Fsp3) is 0.222. The van der Waals surface area contributed by atoms with Crippen LogP contribution < -0.4 is 21.5 Å². The number of halogens is 1. The lowest BCUT2D eigenvalue weighted by atomic mass is 10.1. The smallest absolute Gasteiger partial charge is 0.264 e. The summed E-state index contributed by atoms with van der Waals surface area (Å²) in [6, 6.07) is 10.4. The number of hydrogen-bond donors (Lipinski definition) is 1. The fourth-order valence-electron chi connectivity index (χ4n) is 2.50. The largest absolute Gasteiger partial charge is 1.00 e. The van der Waals surface area contributed by atoms with E-state index >= 15 is 0 Å². The molecule has 0 saturated heterocycles. The molecule has 0 unspecified atom stereocenters. The quantitative estimate of drug-likeness (QED) is 0.242. The Morgan fingerprint density at radius 1 is 1.08 bits per heavy atom. The van der Waals surface area contributed by atoms with Crippen molar-refractivity contribution in [1.82, 2.24) is 4.90 Å². The summed E-state index contributed by atoms with van der Waals surface area (Å²) in [6.07, 6.45) is 5.96. The highest BCUT2D eigenvalue weighted by atomic mass is 79.9. The Labute approximate surface area is 161 Å². The van der Waals surface area contributed by atoms with Crippen LogP contribution >= 0.6 is 0 Å². The summed E-state index contributed by atoms with van der Waals surface area (Å²) in [5.74, 6) is -0.749. The monoisotopic (exact) mass is 419 g/mol. The average Bonchev–Trinajstić information content (AvgIpc) is 2.89. The van der Waals surface area contributed by atoms with E-state index in [-0.39, 0.29) is 42.1 Å². The van der Waals surface area contributed by atoms with Crippen LogP contribution in [0.5, 0.6) is 0 Å². The summed E-state index contributed by atoms with van der Waals surface area (Å²) in [5, 5.41) is 12.6. The molecule has 26 heavy (non-hydrogen) atoms. The first-order valence-electron chi connectivity index (χ1n) is 7.91. The predicted octanol–water partition coefficient (Wildman–Crippen LogP) is -2.04. The van der Waals surface area contributed by atoms with Gasteiger partial charge in [0, 0.05) is 30.7 Å². The van der Waals surface area contributed by atoms with Crippen molar-refractivity contribution in [3.63, 3.8) is 0 Å². The number of aliphatic hydroxyl groups excluding tert-OH is 1. The number of oxime groups is 1. The minimum absolute atomic E-state index is 0. The van der Waals surface area contributed by atoms with E-state index in [1.807, 2.05) is 29.1 Å². The van der Waals surface area contributed by atoms with Crippen LogP contribution in [0.2, 0.25) is 0 Å². The molecular formula is C18H18BrN3O4. The van der Waals surface area contributed by atoms with E-state index in [9.17, 15) is 9.59 Å². The number of imide groups is 1.